The summed E-state index contributed by atoms with van der Waals surface area (Å²) in [6.45, 7) is 30.6. The molecule has 2 aliphatic carbocycles. The molecule has 13 rings (SSSR count). The number of thiophene rings is 1. The maximum atomic E-state index is 2.67. The van der Waals surface area contributed by atoms with E-state index >= 15 is 0 Å². The van der Waals surface area contributed by atoms with Crippen LogP contribution in [0, 0.1) is 0 Å². The lowest BCUT2D eigenvalue weighted by molar-refractivity contribution is 0.590. The zero-order valence-electron chi connectivity index (χ0n) is 44.4. The van der Waals surface area contributed by atoms with Gasteiger partial charge in [0.15, 0.2) is 0 Å². The topological polar surface area (TPSA) is 6.48 Å². The average molecular weight is 953 g/mol. The first kappa shape index (κ1) is 45.3. The van der Waals surface area contributed by atoms with Crippen molar-refractivity contribution >= 4 is 78.0 Å². The molecule has 0 unspecified atom stereocenters. The Morgan fingerprint density at radius 1 is 0.417 bits per heavy atom. The van der Waals surface area contributed by atoms with Gasteiger partial charge in [-0.15, -0.1) is 11.3 Å². The second-order valence-electron chi connectivity index (χ2n) is 25.5. The zero-order chi connectivity index (χ0) is 50.2. The number of hydrogen-bond acceptors (Lipinski definition) is 3. The van der Waals surface area contributed by atoms with Crippen LogP contribution in [0.3, 0.4) is 0 Å². The van der Waals surface area contributed by atoms with Crippen LogP contribution in [0.4, 0.5) is 34.1 Å². The Morgan fingerprint density at radius 2 is 0.917 bits per heavy atom. The molecule has 4 heteroatoms. The number of nitrogens with zero attached hydrogens (tertiary/aromatic N) is 2. The molecule has 8 aromatic carbocycles. The zero-order valence-corrected chi connectivity index (χ0v) is 45.2. The van der Waals surface area contributed by atoms with Crippen molar-refractivity contribution in [1.29, 1.82) is 0 Å². The van der Waals surface area contributed by atoms with Gasteiger partial charge in [0.2, 0.25) is 0 Å². The highest BCUT2D eigenvalue weighted by atomic mass is 32.1. The maximum Gasteiger partial charge on any atom is 0.264 e. The van der Waals surface area contributed by atoms with Gasteiger partial charge in [-0.3, -0.25) is 0 Å². The van der Waals surface area contributed by atoms with Gasteiger partial charge >= 0.3 is 0 Å². The van der Waals surface area contributed by atoms with Crippen LogP contribution in [0.5, 0.6) is 0 Å². The summed E-state index contributed by atoms with van der Waals surface area (Å²) in [5.74, 6) is 0. The first-order chi connectivity index (χ1) is 34.1. The van der Waals surface area contributed by atoms with Crippen molar-refractivity contribution in [2.75, 3.05) is 9.80 Å². The first-order valence-corrected chi connectivity index (χ1v) is 27.0. The largest absolute Gasteiger partial charge is 0.311 e. The van der Waals surface area contributed by atoms with Crippen molar-refractivity contribution in [3.8, 4) is 33.4 Å². The third-order valence-electron chi connectivity index (χ3n) is 17.1. The lowest BCUT2D eigenvalue weighted by Crippen LogP contribution is -2.60. The van der Waals surface area contributed by atoms with E-state index in [0.717, 1.165) is 0 Å². The molecule has 0 N–H and O–H groups in total. The van der Waals surface area contributed by atoms with E-state index in [2.05, 4.69) is 258 Å². The van der Waals surface area contributed by atoms with Crippen molar-refractivity contribution in [2.45, 2.75) is 117 Å². The quantitative estimate of drug-likeness (QED) is 0.163. The van der Waals surface area contributed by atoms with E-state index < -0.39 is 0 Å². The van der Waals surface area contributed by atoms with Gasteiger partial charge in [-0.25, -0.2) is 0 Å². The molecule has 9 aromatic rings. The lowest BCUT2D eigenvalue weighted by Gasteiger charge is -2.44. The van der Waals surface area contributed by atoms with Crippen LogP contribution in [0.1, 0.15) is 129 Å². The van der Waals surface area contributed by atoms with E-state index in [1.165, 1.54) is 132 Å². The molecule has 4 aliphatic rings. The summed E-state index contributed by atoms with van der Waals surface area (Å²) in [5, 5.41) is 1.32. The summed E-state index contributed by atoms with van der Waals surface area (Å²) < 4.78 is 2.76. The molecule has 2 aliphatic heterocycles. The molecule has 1 aromatic heterocycles. The van der Waals surface area contributed by atoms with Crippen LogP contribution in [-0.4, -0.2) is 6.71 Å². The molecule has 0 spiro atoms. The van der Waals surface area contributed by atoms with Crippen molar-refractivity contribution in [2.24, 2.45) is 0 Å². The minimum atomic E-state index is -0.105. The maximum absolute atomic E-state index is 2.67. The predicted molar refractivity (Wildman–Crippen MR) is 313 cm³/mol. The second-order valence-corrected chi connectivity index (χ2v) is 26.5. The van der Waals surface area contributed by atoms with E-state index in [1.54, 1.807) is 0 Å². The van der Waals surface area contributed by atoms with Crippen LogP contribution in [-0.2, 0) is 27.1 Å². The van der Waals surface area contributed by atoms with Crippen LogP contribution >= 0.6 is 11.3 Å². The number of rotatable bonds is 3. The molecule has 0 saturated carbocycles. The van der Waals surface area contributed by atoms with E-state index in [4.69, 9.17) is 0 Å². The van der Waals surface area contributed by atoms with Crippen LogP contribution < -0.4 is 25.5 Å². The van der Waals surface area contributed by atoms with E-state index in [-0.39, 0.29) is 33.8 Å². The summed E-state index contributed by atoms with van der Waals surface area (Å²) in [6.07, 6.45) is 0. The van der Waals surface area contributed by atoms with E-state index in [0.29, 0.717) is 0 Å². The number of hydrogen-bond donors (Lipinski definition) is 0. The summed E-state index contributed by atoms with van der Waals surface area (Å²) in [7, 11) is 0. The van der Waals surface area contributed by atoms with Gasteiger partial charge in [-0.1, -0.05) is 187 Å². The van der Waals surface area contributed by atoms with Gasteiger partial charge in [-0.05, 0) is 160 Å². The van der Waals surface area contributed by atoms with Gasteiger partial charge in [0.25, 0.3) is 6.71 Å². The van der Waals surface area contributed by atoms with Gasteiger partial charge < -0.3 is 9.80 Å². The smallest absolute Gasteiger partial charge is 0.264 e. The fourth-order valence-corrected chi connectivity index (χ4v) is 14.3. The molecule has 72 heavy (non-hydrogen) atoms. The standard InChI is InChI=1S/C68H65BN2S/c1-64(2,3)42-23-28-45(29-24-42)70-57-33-27-44(66(7,8)9)37-56(57)69-61-58(70)35-41(40-22-32-54-49(34-40)47-18-14-16-20-52(47)67(54,10)11)36-59(61)71(46-30-25-43(26-31-46)65(4,5)6)62-51-38-50-48-19-15-17-21-53(48)68(12,13)55(50)39-60(51)72-63(62)69/h14-39H,1-13H3. The number of benzene rings is 8. The molecule has 356 valence electrons. The van der Waals surface area contributed by atoms with Gasteiger partial charge in [-0.2, -0.15) is 0 Å². The fraction of sp³-hybridized carbons (Fsp3) is 0.265. The number of anilines is 6. The Labute approximate surface area is 432 Å². The second kappa shape index (κ2) is 15.0. The molecule has 0 amide bonds. The normalized spacial score (nSPS) is 15.7. The van der Waals surface area contributed by atoms with E-state index in [1.807, 2.05) is 11.3 Å². The molecule has 0 bridgehead atoms. The molecule has 0 radical (unpaired) electrons. The third kappa shape index (κ3) is 6.46. The predicted octanol–water partition coefficient (Wildman–Crippen LogP) is 17.2. The molecule has 3 heterocycles. The minimum Gasteiger partial charge on any atom is -0.311 e. The molecular weight excluding hydrogens is 888 g/mol. The van der Waals surface area contributed by atoms with Crippen LogP contribution in [0.15, 0.2) is 158 Å². The summed E-state index contributed by atoms with van der Waals surface area (Å²) in [5.41, 5.74) is 27.4. The van der Waals surface area contributed by atoms with Crippen LogP contribution in [0.2, 0.25) is 0 Å². The summed E-state index contributed by atoms with van der Waals surface area (Å²) in [4.78, 5) is 5.27. The van der Waals surface area contributed by atoms with Crippen molar-refractivity contribution < 1.29 is 0 Å². The Morgan fingerprint density at radius 3 is 1.50 bits per heavy atom. The molecular formula is C68H65BN2S. The monoisotopic (exact) mass is 952 g/mol. The van der Waals surface area contributed by atoms with Crippen LogP contribution in [0.25, 0.3) is 43.5 Å². The molecule has 0 saturated heterocycles. The summed E-state index contributed by atoms with van der Waals surface area (Å²) >= 11 is 2.02. The molecule has 2 nitrogen and oxygen atoms in total. The van der Waals surface area contributed by atoms with Crippen molar-refractivity contribution in [3.63, 3.8) is 0 Å². The Balaban J connectivity index is 1.15. The van der Waals surface area contributed by atoms with Gasteiger partial charge in [0.1, 0.15) is 0 Å². The Bertz CT molecular complexity index is 3750. The first-order valence-electron chi connectivity index (χ1n) is 26.2. The fourth-order valence-electron chi connectivity index (χ4n) is 13.0. The van der Waals surface area contributed by atoms with Gasteiger partial charge in [0.05, 0.1) is 5.69 Å². The van der Waals surface area contributed by atoms with E-state index in [9.17, 15) is 0 Å². The van der Waals surface area contributed by atoms with Crippen molar-refractivity contribution in [3.05, 3.63) is 197 Å². The SMILES string of the molecule is CC(C)(C)c1ccc(N2c3ccc(C(C)(C)C)cc3B3c4sc5cc6c(cc5c4N(c4ccc(C(C)(C)C)cc4)c4cc(-c5ccc7c(c5)-c5ccccc5C7(C)C)cc2c43)-c2ccccc2C6(C)C)cc1. The third-order valence-corrected chi connectivity index (χ3v) is 18.3. The van der Waals surface area contributed by atoms with Gasteiger partial charge in [0, 0.05) is 54.1 Å². The Kier molecular flexibility index (Phi) is 9.42. The minimum absolute atomic E-state index is 0.00628. The Hall–Kier alpha value is -6.62. The average Bonchev–Trinajstić information content (AvgIpc) is 3.91. The highest BCUT2D eigenvalue weighted by molar-refractivity contribution is 7.33. The molecule has 0 atom stereocenters. The summed E-state index contributed by atoms with van der Waals surface area (Å²) in [6, 6.07) is 62.0. The highest BCUT2D eigenvalue weighted by Gasteiger charge is 2.47. The lowest BCUT2D eigenvalue weighted by atomic mass is 9.36. The number of fused-ring (bicyclic) bond motifs is 12. The van der Waals surface area contributed by atoms with Crippen molar-refractivity contribution in [1.82, 2.24) is 0 Å². The highest BCUT2D eigenvalue weighted by Crippen LogP contribution is 2.55. The molecule has 0 fully saturated rings.